The predicted octanol–water partition coefficient (Wildman–Crippen LogP) is 1.26. The van der Waals surface area contributed by atoms with Gasteiger partial charge in [-0.2, -0.15) is 0 Å². The Kier molecular flexibility index (Phi) is 4.60. The van der Waals surface area contributed by atoms with Gasteiger partial charge in [-0.1, -0.05) is 0 Å². The Morgan fingerprint density at radius 1 is 1.00 bits per heavy atom. The second kappa shape index (κ2) is 5.75. The first kappa shape index (κ1) is 13.6. The number of ether oxygens (including phenoxy) is 3. The summed E-state index contributed by atoms with van der Waals surface area (Å²) in [5.74, 6) is 1.68. The SMILES string of the molecule is COc1cc(OC)c(C(O)N(C)C)c(OC)c1. The largest absolute Gasteiger partial charge is 0.496 e. The van der Waals surface area contributed by atoms with Crippen molar-refractivity contribution in [1.82, 2.24) is 4.90 Å². The second-order valence-corrected chi connectivity index (χ2v) is 3.78. The highest BCUT2D eigenvalue weighted by molar-refractivity contribution is 5.51. The summed E-state index contributed by atoms with van der Waals surface area (Å²) >= 11 is 0. The van der Waals surface area contributed by atoms with Crippen LogP contribution in [-0.2, 0) is 0 Å². The number of aliphatic hydroxyl groups is 1. The molecule has 0 spiro atoms. The van der Waals surface area contributed by atoms with Gasteiger partial charge >= 0.3 is 0 Å². The minimum absolute atomic E-state index is 0.530. The average molecular weight is 241 g/mol. The Balaban J connectivity index is 3.34. The van der Waals surface area contributed by atoms with Crippen LogP contribution < -0.4 is 14.2 Å². The van der Waals surface area contributed by atoms with Crippen LogP contribution in [0.5, 0.6) is 17.2 Å². The molecule has 1 unspecified atom stereocenters. The van der Waals surface area contributed by atoms with Gasteiger partial charge in [0.1, 0.15) is 23.5 Å². The molecule has 0 radical (unpaired) electrons. The van der Waals surface area contributed by atoms with Crippen molar-refractivity contribution in [2.75, 3.05) is 35.4 Å². The van der Waals surface area contributed by atoms with Gasteiger partial charge in [-0.25, -0.2) is 0 Å². The highest BCUT2D eigenvalue weighted by Crippen LogP contribution is 2.38. The molecular weight excluding hydrogens is 222 g/mol. The van der Waals surface area contributed by atoms with E-state index in [4.69, 9.17) is 14.2 Å². The summed E-state index contributed by atoms with van der Waals surface area (Å²) in [6, 6.07) is 3.43. The second-order valence-electron chi connectivity index (χ2n) is 3.78. The fourth-order valence-corrected chi connectivity index (χ4v) is 1.55. The molecule has 17 heavy (non-hydrogen) atoms. The van der Waals surface area contributed by atoms with Crippen molar-refractivity contribution >= 4 is 0 Å². The maximum atomic E-state index is 10.1. The summed E-state index contributed by atoms with van der Waals surface area (Å²) < 4.78 is 15.6. The zero-order valence-electron chi connectivity index (χ0n) is 10.9. The summed E-state index contributed by atoms with van der Waals surface area (Å²) in [7, 11) is 8.19. The number of methoxy groups -OCH3 is 3. The minimum Gasteiger partial charge on any atom is -0.496 e. The summed E-state index contributed by atoms with van der Waals surface area (Å²) in [5, 5.41) is 10.1. The lowest BCUT2D eigenvalue weighted by Gasteiger charge is -2.23. The van der Waals surface area contributed by atoms with Gasteiger partial charge in [0.25, 0.3) is 0 Å². The first-order chi connectivity index (χ1) is 8.04. The number of benzene rings is 1. The Labute approximate surface area is 102 Å². The summed E-state index contributed by atoms with van der Waals surface area (Å²) in [6.45, 7) is 0. The third-order valence-electron chi connectivity index (χ3n) is 2.50. The smallest absolute Gasteiger partial charge is 0.140 e. The summed E-state index contributed by atoms with van der Waals surface area (Å²) in [5.41, 5.74) is 0.584. The van der Waals surface area contributed by atoms with Gasteiger partial charge in [-0.05, 0) is 14.1 Å². The van der Waals surface area contributed by atoms with Gasteiger partial charge in [0.2, 0.25) is 0 Å². The van der Waals surface area contributed by atoms with Crippen LogP contribution in [0.4, 0.5) is 0 Å². The molecule has 0 aliphatic carbocycles. The van der Waals surface area contributed by atoms with Gasteiger partial charge in [0.05, 0.1) is 26.9 Å². The van der Waals surface area contributed by atoms with Crippen molar-refractivity contribution in [3.8, 4) is 17.2 Å². The van der Waals surface area contributed by atoms with E-state index in [-0.39, 0.29) is 0 Å². The van der Waals surface area contributed by atoms with Gasteiger partial charge < -0.3 is 19.3 Å². The molecule has 0 heterocycles. The number of rotatable bonds is 5. The number of hydrogen-bond donors (Lipinski definition) is 1. The quantitative estimate of drug-likeness (QED) is 0.787. The maximum Gasteiger partial charge on any atom is 0.140 e. The first-order valence-corrected chi connectivity index (χ1v) is 5.19. The Morgan fingerprint density at radius 2 is 1.47 bits per heavy atom. The minimum atomic E-state index is -0.800. The van der Waals surface area contributed by atoms with E-state index in [1.807, 2.05) is 0 Å². The molecule has 1 aromatic rings. The zero-order chi connectivity index (χ0) is 13.0. The number of nitrogens with zero attached hydrogens (tertiary/aromatic N) is 1. The standard InChI is InChI=1S/C12H19NO4/c1-13(2)12(14)11-9(16-4)6-8(15-3)7-10(11)17-5/h6-7,12,14H,1-5H3. The van der Waals surface area contributed by atoms with E-state index in [0.29, 0.717) is 22.8 Å². The van der Waals surface area contributed by atoms with E-state index >= 15 is 0 Å². The lowest BCUT2D eigenvalue weighted by atomic mass is 10.1. The highest BCUT2D eigenvalue weighted by Gasteiger charge is 2.22. The molecule has 0 aliphatic heterocycles. The van der Waals surface area contributed by atoms with Crippen molar-refractivity contribution in [1.29, 1.82) is 0 Å². The van der Waals surface area contributed by atoms with Gasteiger partial charge in [-0.3, -0.25) is 4.90 Å². The van der Waals surface area contributed by atoms with E-state index in [1.165, 1.54) is 0 Å². The van der Waals surface area contributed by atoms with Crippen LogP contribution in [-0.4, -0.2) is 45.4 Å². The van der Waals surface area contributed by atoms with Crippen molar-refractivity contribution in [2.45, 2.75) is 6.23 Å². The van der Waals surface area contributed by atoms with Crippen molar-refractivity contribution in [3.05, 3.63) is 17.7 Å². The van der Waals surface area contributed by atoms with Crippen molar-refractivity contribution in [3.63, 3.8) is 0 Å². The molecule has 0 amide bonds. The molecule has 1 atom stereocenters. The van der Waals surface area contributed by atoms with E-state index in [1.54, 1.807) is 52.5 Å². The average Bonchev–Trinajstić information content (AvgIpc) is 2.35. The van der Waals surface area contributed by atoms with Crippen LogP contribution in [0.3, 0.4) is 0 Å². The first-order valence-electron chi connectivity index (χ1n) is 5.19. The Morgan fingerprint density at radius 3 is 1.76 bits per heavy atom. The molecule has 0 bridgehead atoms. The normalized spacial score (nSPS) is 12.4. The maximum absolute atomic E-state index is 10.1. The molecule has 96 valence electrons. The molecule has 1 rings (SSSR count). The Bertz CT molecular complexity index is 354. The van der Waals surface area contributed by atoms with Crippen molar-refractivity contribution < 1.29 is 19.3 Å². The van der Waals surface area contributed by atoms with E-state index in [9.17, 15) is 5.11 Å². The third-order valence-corrected chi connectivity index (χ3v) is 2.50. The van der Waals surface area contributed by atoms with Crippen molar-refractivity contribution in [2.24, 2.45) is 0 Å². The molecule has 1 N–H and O–H groups in total. The molecule has 5 heteroatoms. The van der Waals surface area contributed by atoms with Crippen LogP contribution in [0.2, 0.25) is 0 Å². The predicted molar refractivity (Wildman–Crippen MR) is 64.7 cm³/mol. The number of hydrogen-bond acceptors (Lipinski definition) is 5. The fraction of sp³-hybridized carbons (Fsp3) is 0.500. The summed E-state index contributed by atoms with van der Waals surface area (Å²) in [6.07, 6.45) is -0.800. The van der Waals surface area contributed by atoms with Crippen LogP contribution in [0.15, 0.2) is 12.1 Å². The zero-order valence-corrected chi connectivity index (χ0v) is 10.9. The number of aliphatic hydroxyl groups excluding tert-OH is 1. The molecule has 0 aromatic heterocycles. The molecule has 0 fully saturated rings. The molecular formula is C12H19NO4. The lowest BCUT2D eigenvalue weighted by Crippen LogP contribution is -2.20. The van der Waals surface area contributed by atoms with Crippen LogP contribution in [0, 0.1) is 0 Å². The van der Waals surface area contributed by atoms with Gasteiger partial charge in [0, 0.05) is 12.1 Å². The summed E-state index contributed by atoms with van der Waals surface area (Å²) in [4.78, 5) is 1.66. The van der Waals surface area contributed by atoms with Crippen LogP contribution >= 0.6 is 0 Å². The topological polar surface area (TPSA) is 51.2 Å². The van der Waals surface area contributed by atoms with Gasteiger partial charge in [-0.15, -0.1) is 0 Å². The highest BCUT2D eigenvalue weighted by atomic mass is 16.5. The Hall–Kier alpha value is -1.46. The molecule has 1 aromatic carbocycles. The van der Waals surface area contributed by atoms with E-state index in [2.05, 4.69) is 0 Å². The molecule has 5 nitrogen and oxygen atoms in total. The monoisotopic (exact) mass is 241 g/mol. The lowest BCUT2D eigenvalue weighted by molar-refractivity contribution is 0.0352. The van der Waals surface area contributed by atoms with Crippen LogP contribution in [0.1, 0.15) is 11.8 Å². The molecule has 0 saturated heterocycles. The molecule has 0 aliphatic rings. The van der Waals surface area contributed by atoms with E-state index < -0.39 is 6.23 Å². The molecule has 0 saturated carbocycles. The third kappa shape index (κ3) is 2.81. The van der Waals surface area contributed by atoms with E-state index in [0.717, 1.165) is 0 Å². The van der Waals surface area contributed by atoms with Crippen LogP contribution in [0.25, 0.3) is 0 Å². The van der Waals surface area contributed by atoms with Gasteiger partial charge in [0.15, 0.2) is 0 Å². The fourth-order valence-electron chi connectivity index (χ4n) is 1.55.